The number of fused-ring (bicyclic) bond motifs is 1. The van der Waals surface area contributed by atoms with Gasteiger partial charge in [0.1, 0.15) is 5.82 Å². The summed E-state index contributed by atoms with van der Waals surface area (Å²) in [6.07, 6.45) is 2.99. The lowest BCUT2D eigenvalue weighted by atomic mass is 9.83. The number of esters is 1. The van der Waals surface area contributed by atoms with E-state index in [0.29, 0.717) is 44.1 Å². The normalized spacial score (nSPS) is 15.2. The molecule has 1 atom stereocenters. The molecule has 1 aromatic carbocycles. The fourth-order valence-corrected chi connectivity index (χ4v) is 4.84. The van der Waals surface area contributed by atoms with Crippen LogP contribution >= 0.6 is 23.4 Å². The minimum atomic E-state index is -0.653. The van der Waals surface area contributed by atoms with Gasteiger partial charge in [0.15, 0.2) is 5.16 Å². The van der Waals surface area contributed by atoms with Crippen LogP contribution in [0.4, 0.5) is 5.82 Å². The number of carbonyl (C=O) groups excluding carboxylic acids is 1. The minimum Gasteiger partial charge on any atom is -0.460 e. The fourth-order valence-electron chi connectivity index (χ4n) is 3.69. The van der Waals surface area contributed by atoms with Gasteiger partial charge in [-0.05, 0) is 44.0 Å². The SMILES string of the molecule is CC1=C(C(=O)OC(C)C)C(c2cccnc2)c2c(nc(SCc3ccccc3Cl)[nH]c2=O)N1. The number of aromatic nitrogens is 3. The van der Waals surface area contributed by atoms with Gasteiger partial charge in [-0.25, -0.2) is 9.78 Å². The number of halogens is 1. The molecule has 3 heterocycles. The number of carbonyl (C=O) groups is 1. The van der Waals surface area contributed by atoms with Crippen molar-refractivity contribution in [2.75, 3.05) is 5.32 Å². The number of H-pyrrole nitrogens is 1. The highest BCUT2D eigenvalue weighted by Gasteiger charge is 2.36. The third-order valence-electron chi connectivity index (χ3n) is 5.12. The van der Waals surface area contributed by atoms with Crippen molar-refractivity contribution in [1.29, 1.82) is 0 Å². The van der Waals surface area contributed by atoms with Gasteiger partial charge in [0.05, 0.1) is 23.2 Å². The Morgan fingerprint density at radius 1 is 1.24 bits per heavy atom. The average Bonchev–Trinajstić information content (AvgIpc) is 2.77. The van der Waals surface area contributed by atoms with E-state index < -0.39 is 11.9 Å². The maximum Gasteiger partial charge on any atom is 0.337 e. The number of benzene rings is 1. The monoisotopic (exact) mass is 482 g/mol. The molecule has 0 saturated heterocycles. The van der Waals surface area contributed by atoms with E-state index in [9.17, 15) is 9.59 Å². The Kier molecular flexibility index (Phi) is 6.85. The van der Waals surface area contributed by atoms with Crippen LogP contribution in [0.15, 0.2) is 70.0 Å². The van der Waals surface area contributed by atoms with Gasteiger partial charge in [-0.15, -0.1) is 0 Å². The smallest absolute Gasteiger partial charge is 0.337 e. The molecule has 0 fully saturated rings. The summed E-state index contributed by atoms with van der Waals surface area (Å²) in [5.74, 6) is -0.173. The van der Waals surface area contributed by atoms with Gasteiger partial charge >= 0.3 is 5.97 Å². The molecular formula is C24H23ClN4O3S. The number of pyridine rings is 1. The van der Waals surface area contributed by atoms with Gasteiger partial charge in [-0.1, -0.05) is 47.6 Å². The molecule has 0 bridgehead atoms. The molecule has 3 aromatic rings. The lowest BCUT2D eigenvalue weighted by Gasteiger charge is -2.29. The Bertz CT molecular complexity index is 1270. The van der Waals surface area contributed by atoms with Crippen LogP contribution < -0.4 is 10.9 Å². The van der Waals surface area contributed by atoms with Crippen molar-refractivity contribution in [2.24, 2.45) is 0 Å². The van der Waals surface area contributed by atoms with Crippen molar-refractivity contribution in [3.05, 3.63) is 92.1 Å². The zero-order valence-corrected chi connectivity index (χ0v) is 20.0. The van der Waals surface area contributed by atoms with Gasteiger partial charge in [0, 0.05) is 28.9 Å². The molecule has 4 rings (SSSR count). The summed E-state index contributed by atoms with van der Waals surface area (Å²) in [6.45, 7) is 5.35. The van der Waals surface area contributed by atoms with E-state index in [2.05, 4.69) is 20.3 Å². The molecule has 7 nitrogen and oxygen atoms in total. The molecule has 1 aliphatic heterocycles. The number of anilines is 1. The first-order chi connectivity index (χ1) is 15.8. The van der Waals surface area contributed by atoms with Crippen LogP contribution in [0.25, 0.3) is 0 Å². The molecular weight excluding hydrogens is 460 g/mol. The number of nitrogens with one attached hydrogen (secondary N) is 2. The van der Waals surface area contributed by atoms with Crippen LogP contribution in [-0.4, -0.2) is 27.0 Å². The molecule has 0 spiro atoms. The highest BCUT2D eigenvalue weighted by molar-refractivity contribution is 7.98. The summed E-state index contributed by atoms with van der Waals surface area (Å²) in [7, 11) is 0. The Balaban J connectivity index is 1.75. The first-order valence-corrected chi connectivity index (χ1v) is 11.8. The van der Waals surface area contributed by atoms with E-state index in [1.54, 1.807) is 39.2 Å². The zero-order valence-electron chi connectivity index (χ0n) is 18.4. The number of thioether (sulfide) groups is 1. The van der Waals surface area contributed by atoms with Crippen LogP contribution in [0.2, 0.25) is 5.02 Å². The first-order valence-electron chi connectivity index (χ1n) is 10.4. The van der Waals surface area contributed by atoms with Crippen molar-refractivity contribution in [3.8, 4) is 0 Å². The van der Waals surface area contributed by atoms with E-state index in [1.807, 2.05) is 30.3 Å². The first kappa shape index (κ1) is 23.1. The number of rotatable bonds is 6. The average molecular weight is 483 g/mol. The van der Waals surface area contributed by atoms with E-state index in [4.69, 9.17) is 16.3 Å². The van der Waals surface area contributed by atoms with Crippen molar-refractivity contribution < 1.29 is 9.53 Å². The molecule has 0 amide bonds. The molecule has 0 saturated carbocycles. The van der Waals surface area contributed by atoms with E-state index in [1.165, 1.54) is 11.8 Å². The van der Waals surface area contributed by atoms with Gasteiger partial charge in [-0.3, -0.25) is 9.78 Å². The van der Waals surface area contributed by atoms with Crippen LogP contribution in [-0.2, 0) is 15.3 Å². The number of ether oxygens (including phenoxy) is 1. The lowest BCUT2D eigenvalue weighted by Crippen LogP contribution is -2.31. The molecule has 2 aromatic heterocycles. The number of hydrogen-bond donors (Lipinski definition) is 2. The summed E-state index contributed by atoms with van der Waals surface area (Å²) < 4.78 is 5.48. The van der Waals surface area contributed by atoms with E-state index >= 15 is 0 Å². The zero-order chi connectivity index (χ0) is 23.5. The van der Waals surface area contributed by atoms with Gasteiger partial charge in [0.2, 0.25) is 0 Å². The van der Waals surface area contributed by atoms with Crippen molar-refractivity contribution in [3.63, 3.8) is 0 Å². The van der Waals surface area contributed by atoms with Crippen LogP contribution in [0.5, 0.6) is 0 Å². The summed E-state index contributed by atoms with van der Waals surface area (Å²) >= 11 is 7.63. The van der Waals surface area contributed by atoms with E-state index in [0.717, 1.165) is 5.56 Å². The Hall–Kier alpha value is -3.10. The quantitative estimate of drug-likeness (QED) is 0.293. The van der Waals surface area contributed by atoms with E-state index in [-0.39, 0.29) is 11.7 Å². The van der Waals surface area contributed by atoms with Crippen molar-refractivity contribution in [1.82, 2.24) is 15.0 Å². The summed E-state index contributed by atoms with van der Waals surface area (Å²) in [6, 6.07) is 11.1. The Labute approximate surface area is 200 Å². The summed E-state index contributed by atoms with van der Waals surface area (Å²) in [4.78, 5) is 38.0. The molecule has 0 aliphatic carbocycles. The third kappa shape index (κ3) is 4.96. The van der Waals surface area contributed by atoms with Crippen molar-refractivity contribution >= 4 is 35.1 Å². The molecule has 1 unspecified atom stereocenters. The molecule has 33 heavy (non-hydrogen) atoms. The minimum absolute atomic E-state index is 0.297. The maximum atomic E-state index is 13.3. The molecule has 170 valence electrons. The van der Waals surface area contributed by atoms with Crippen LogP contribution in [0.1, 0.15) is 43.4 Å². The van der Waals surface area contributed by atoms with Crippen molar-refractivity contribution in [2.45, 2.75) is 43.7 Å². The number of allylic oxidation sites excluding steroid dienone is 1. The number of aromatic amines is 1. The third-order valence-corrected chi connectivity index (χ3v) is 6.41. The molecule has 2 N–H and O–H groups in total. The highest BCUT2D eigenvalue weighted by atomic mass is 35.5. The topological polar surface area (TPSA) is 97.0 Å². The number of hydrogen-bond acceptors (Lipinski definition) is 7. The van der Waals surface area contributed by atoms with Gasteiger partial charge < -0.3 is 15.0 Å². The maximum absolute atomic E-state index is 13.3. The highest BCUT2D eigenvalue weighted by Crippen LogP contribution is 2.40. The number of nitrogens with zero attached hydrogens (tertiary/aromatic N) is 2. The second-order valence-electron chi connectivity index (χ2n) is 7.85. The Morgan fingerprint density at radius 3 is 2.73 bits per heavy atom. The molecule has 9 heteroatoms. The predicted molar refractivity (Wildman–Crippen MR) is 130 cm³/mol. The largest absolute Gasteiger partial charge is 0.460 e. The second kappa shape index (κ2) is 9.80. The van der Waals surface area contributed by atoms with Gasteiger partial charge in [-0.2, -0.15) is 0 Å². The van der Waals surface area contributed by atoms with Crippen LogP contribution in [0.3, 0.4) is 0 Å². The molecule has 0 radical (unpaired) electrons. The van der Waals surface area contributed by atoms with Crippen LogP contribution in [0, 0.1) is 0 Å². The lowest BCUT2D eigenvalue weighted by molar-refractivity contribution is -0.143. The standard InChI is InChI=1S/C24H23ClN4O3S/c1-13(2)32-23(31)18-14(3)27-21-20(19(18)15-8-6-10-26-11-15)22(30)29-24(28-21)33-12-16-7-4-5-9-17(16)25/h4-11,13,19H,12H2,1-3H3,(H2,27,28,29,30). The second-order valence-corrected chi connectivity index (χ2v) is 9.22. The van der Waals surface area contributed by atoms with Gasteiger partial charge in [0.25, 0.3) is 5.56 Å². The molecule has 1 aliphatic rings. The Morgan fingerprint density at radius 2 is 2.03 bits per heavy atom. The predicted octanol–water partition coefficient (Wildman–Crippen LogP) is 4.89. The summed E-state index contributed by atoms with van der Waals surface area (Å²) in [5.41, 5.74) is 2.63. The summed E-state index contributed by atoms with van der Waals surface area (Å²) in [5, 5.41) is 4.26. The fraction of sp³-hybridized carbons (Fsp3) is 0.250.